The summed E-state index contributed by atoms with van der Waals surface area (Å²) in [4.78, 5) is 8.54. The molecule has 0 saturated carbocycles. The van der Waals surface area contributed by atoms with Gasteiger partial charge in [-0.2, -0.15) is 0 Å². The van der Waals surface area contributed by atoms with Crippen LogP contribution in [0.4, 0.5) is 10.1 Å². The van der Waals surface area contributed by atoms with Gasteiger partial charge in [0.15, 0.2) is 0 Å². The Bertz CT molecular complexity index is 935. The van der Waals surface area contributed by atoms with E-state index in [1.807, 2.05) is 18.2 Å². The maximum Gasteiger partial charge on any atom is 0.123 e. The number of nitrogens with zero attached hydrogens (tertiary/aromatic N) is 2. The Morgan fingerprint density at radius 2 is 1.89 bits per heavy atom. The van der Waals surface area contributed by atoms with Crippen LogP contribution in [0, 0.1) is 11.7 Å². The van der Waals surface area contributed by atoms with Gasteiger partial charge < -0.3 is 15.5 Å². The van der Waals surface area contributed by atoms with Gasteiger partial charge in [0, 0.05) is 61.1 Å². The van der Waals surface area contributed by atoms with Crippen LogP contribution in [0.2, 0.25) is 5.02 Å². The SMILES string of the molecule is OCC(CO)Cc1cc(-c2cncc(NCc3cccc(F)c3)c2)c(Cl)cn1. The summed E-state index contributed by atoms with van der Waals surface area (Å²) in [5.41, 5.74) is 3.91. The van der Waals surface area contributed by atoms with Crippen LogP contribution in [-0.2, 0) is 13.0 Å². The van der Waals surface area contributed by atoms with Crippen molar-refractivity contribution < 1.29 is 14.6 Å². The van der Waals surface area contributed by atoms with Gasteiger partial charge in [-0.3, -0.25) is 9.97 Å². The van der Waals surface area contributed by atoms with Crippen LogP contribution >= 0.6 is 11.6 Å². The maximum absolute atomic E-state index is 13.3. The lowest BCUT2D eigenvalue weighted by molar-refractivity contribution is 0.149. The molecule has 3 N–H and O–H groups in total. The summed E-state index contributed by atoms with van der Waals surface area (Å²) in [6.07, 6.45) is 5.40. The smallest absolute Gasteiger partial charge is 0.123 e. The molecule has 0 fully saturated rings. The van der Waals surface area contributed by atoms with E-state index >= 15 is 0 Å². The number of hydrogen-bond donors (Lipinski definition) is 3. The maximum atomic E-state index is 13.3. The second kappa shape index (κ2) is 9.59. The summed E-state index contributed by atoms with van der Waals surface area (Å²) in [5.74, 6) is -0.537. The standard InChI is InChI=1S/C21H21ClFN3O2/c22-21-11-26-18(5-15(12-27)13-28)7-20(21)16-6-19(10-24-9-16)25-8-14-2-1-3-17(23)4-14/h1-4,6-7,9-11,15,25,27-28H,5,8,12-13H2. The Morgan fingerprint density at radius 1 is 1.07 bits per heavy atom. The molecule has 146 valence electrons. The minimum Gasteiger partial charge on any atom is -0.396 e. The van der Waals surface area contributed by atoms with E-state index in [9.17, 15) is 14.6 Å². The van der Waals surface area contributed by atoms with Gasteiger partial charge in [0.05, 0.1) is 10.7 Å². The zero-order valence-corrected chi connectivity index (χ0v) is 15.9. The molecule has 0 bridgehead atoms. The fourth-order valence-corrected chi connectivity index (χ4v) is 3.04. The highest BCUT2D eigenvalue weighted by Crippen LogP contribution is 2.29. The van der Waals surface area contributed by atoms with Crippen molar-refractivity contribution in [2.75, 3.05) is 18.5 Å². The fourth-order valence-electron chi connectivity index (χ4n) is 2.83. The molecule has 28 heavy (non-hydrogen) atoms. The Balaban J connectivity index is 1.79. The number of pyridine rings is 2. The zero-order chi connectivity index (χ0) is 19.9. The van der Waals surface area contributed by atoms with Gasteiger partial charge in [0.1, 0.15) is 5.82 Å². The van der Waals surface area contributed by atoms with E-state index in [2.05, 4.69) is 15.3 Å². The van der Waals surface area contributed by atoms with Crippen LogP contribution < -0.4 is 5.32 Å². The van der Waals surface area contributed by atoms with Gasteiger partial charge in [-0.05, 0) is 36.2 Å². The summed E-state index contributed by atoms with van der Waals surface area (Å²) in [7, 11) is 0. The van der Waals surface area contributed by atoms with E-state index in [1.165, 1.54) is 12.1 Å². The molecule has 5 nitrogen and oxygen atoms in total. The van der Waals surface area contributed by atoms with E-state index in [1.54, 1.807) is 24.7 Å². The first kappa shape index (κ1) is 20.2. The average molecular weight is 402 g/mol. The zero-order valence-electron chi connectivity index (χ0n) is 15.1. The second-order valence-electron chi connectivity index (χ2n) is 6.54. The van der Waals surface area contributed by atoms with Crippen LogP contribution in [0.15, 0.2) is 55.0 Å². The highest BCUT2D eigenvalue weighted by molar-refractivity contribution is 6.33. The molecule has 2 aromatic heterocycles. The Labute approximate surface area is 167 Å². The first-order chi connectivity index (χ1) is 13.6. The summed E-state index contributed by atoms with van der Waals surface area (Å²) in [5, 5.41) is 22.3. The molecular formula is C21H21ClFN3O2. The van der Waals surface area contributed by atoms with Crippen molar-refractivity contribution in [3.05, 3.63) is 77.1 Å². The van der Waals surface area contributed by atoms with Gasteiger partial charge in [0.2, 0.25) is 0 Å². The van der Waals surface area contributed by atoms with Crippen LogP contribution in [0.5, 0.6) is 0 Å². The molecule has 0 amide bonds. The van der Waals surface area contributed by atoms with Crippen molar-refractivity contribution in [1.82, 2.24) is 9.97 Å². The predicted octanol–water partition coefficient (Wildman–Crippen LogP) is 3.69. The number of aromatic nitrogens is 2. The molecule has 7 heteroatoms. The van der Waals surface area contributed by atoms with Crippen molar-refractivity contribution in [1.29, 1.82) is 0 Å². The normalized spacial score (nSPS) is 11.0. The molecular weight excluding hydrogens is 381 g/mol. The molecule has 0 saturated heterocycles. The highest BCUT2D eigenvalue weighted by Gasteiger charge is 2.12. The Morgan fingerprint density at radius 3 is 2.64 bits per heavy atom. The number of nitrogens with one attached hydrogen (secondary N) is 1. The van der Waals surface area contributed by atoms with Crippen LogP contribution in [-0.4, -0.2) is 33.4 Å². The molecule has 3 aromatic rings. The van der Waals surface area contributed by atoms with Crippen LogP contribution in [0.25, 0.3) is 11.1 Å². The minimum atomic E-state index is -0.272. The third-order valence-corrected chi connectivity index (χ3v) is 4.66. The third kappa shape index (κ3) is 5.25. The number of aliphatic hydroxyl groups excluding tert-OH is 2. The molecule has 0 atom stereocenters. The average Bonchev–Trinajstić information content (AvgIpc) is 2.72. The quantitative estimate of drug-likeness (QED) is 0.536. The van der Waals surface area contributed by atoms with Crippen molar-refractivity contribution in [2.45, 2.75) is 13.0 Å². The first-order valence-corrected chi connectivity index (χ1v) is 9.26. The summed E-state index contributed by atoms with van der Waals surface area (Å²) in [6, 6.07) is 10.2. The van der Waals surface area contributed by atoms with Crippen LogP contribution in [0.1, 0.15) is 11.3 Å². The van der Waals surface area contributed by atoms with Crippen LogP contribution in [0.3, 0.4) is 0 Å². The van der Waals surface area contributed by atoms with E-state index in [-0.39, 0.29) is 24.9 Å². The van der Waals surface area contributed by atoms with Crippen molar-refractivity contribution in [3.63, 3.8) is 0 Å². The molecule has 0 aliphatic rings. The number of anilines is 1. The topological polar surface area (TPSA) is 78.3 Å². The summed E-state index contributed by atoms with van der Waals surface area (Å²) < 4.78 is 13.3. The second-order valence-corrected chi connectivity index (χ2v) is 6.94. The lowest BCUT2D eigenvalue weighted by Gasteiger charge is -2.13. The Kier molecular flexibility index (Phi) is 6.92. The molecule has 2 heterocycles. The molecule has 0 unspecified atom stereocenters. The van der Waals surface area contributed by atoms with E-state index in [0.717, 1.165) is 28.1 Å². The predicted molar refractivity (Wildman–Crippen MR) is 108 cm³/mol. The van der Waals surface area contributed by atoms with Crippen molar-refractivity contribution in [3.8, 4) is 11.1 Å². The molecule has 0 radical (unpaired) electrons. The number of halogens is 2. The van der Waals surface area contributed by atoms with Gasteiger partial charge >= 0.3 is 0 Å². The van der Waals surface area contributed by atoms with Gasteiger partial charge in [0.25, 0.3) is 0 Å². The number of hydrogen-bond acceptors (Lipinski definition) is 5. The third-order valence-electron chi connectivity index (χ3n) is 4.36. The minimum absolute atomic E-state index is 0.114. The largest absolute Gasteiger partial charge is 0.396 e. The van der Waals surface area contributed by atoms with Crippen molar-refractivity contribution >= 4 is 17.3 Å². The van der Waals surface area contributed by atoms with Crippen molar-refractivity contribution in [2.24, 2.45) is 5.92 Å². The van der Waals surface area contributed by atoms with E-state index in [4.69, 9.17) is 11.6 Å². The molecule has 0 aliphatic carbocycles. The van der Waals surface area contributed by atoms with Gasteiger partial charge in [-0.1, -0.05) is 23.7 Å². The number of benzene rings is 1. The molecule has 1 aromatic carbocycles. The lowest BCUT2D eigenvalue weighted by atomic mass is 10.0. The highest BCUT2D eigenvalue weighted by atomic mass is 35.5. The monoisotopic (exact) mass is 401 g/mol. The molecule has 3 rings (SSSR count). The Hall–Kier alpha value is -2.54. The van der Waals surface area contributed by atoms with E-state index < -0.39 is 0 Å². The fraction of sp³-hybridized carbons (Fsp3) is 0.238. The molecule has 0 spiro atoms. The van der Waals surface area contributed by atoms with Gasteiger partial charge in [-0.15, -0.1) is 0 Å². The number of aliphatic hydroxyl groups is 2. The number of rotatable bonds is 8. The summed E-state index contributed by atoms with van der Waals surface area (Å²) in [6.45, 7) is 0.237. The van der Waals surface area contributed by atoms with Gasteiger partial charge in [-0.25, -0.2) is 4.39 Å². The molecule has 0 aliphatic heterocycles. The lowest BCUT2D eigenvalue weighted by Crippen LogP contribution is -2.14. The van der Waals surface area contributed by atoms with E-state index in [0.29, 0.717) is 18.0 Å². The summed E-state index contributed by atoms with van der Waals surface area (Å²) >= 11 is 6.33. The first-order valence-electron chi connectivity index (χ1n) is 8.89.